The molecule has 0 atom stereocenters. The van der Waals surface area contributed by atoms with Gasteiger partial charge in [-0.3, -0.25) is 13.9 Å². The maximum atomic E-state index is 13.5. The quantitative estimate of drug-likeness (QED) is 0.342. The molecule has 0 rings (SSSR count). The van der Waals surface area contributed by atoms with E-state index in [0.29, 0.717) is 0 Å². The molecule has 8 nitrogen and oxygen atoms in total. The molecule has 0 amide bonds. The molecular formula is C14H30O8P2. The number of esters is 1. The lowest BCUT2D eigenvalue weighted by Crippen LogP contribution is -2.42. The fourth-order valence-electron chi connectivity index (χ4n) is 2.33. The largest absolute Gasteiger partial charge is 0.465 e. The van der Waals surface area contributed by atoms with Crippen molar-refractivity contribution in [2.24, 2.45) is 0 Å². The summed E-state index contributed by atoms with van der Waals surface area (Å²) in [6.45, 7) is 9.54. The number of hydrogen-bond donors (Lipinski definition) is 0. The summed E-state index contributed by atoms with van der Waals surface area (Å²) in [4.78, 5) is 10.6. The van der Waals surface area contributed by atoms with Crippen molar-refractivity contribution in [2.45, 2.75) is 52.9 Å². The molecule has 0 aliphatic rings. The van der Waals surface area contributed by atoms with Crippen LogP contribution in [0, 0.1) is 0 Å². The first kappa shape index (κ1) is 23.8. The van der Waals surface area contributed by atoms with Gasteiger partial charge < -0.3 is 22.8 Å². The summed E-state index contributed by atoms with van der Waals surface area (Å²) in [5.74, 6) is -0.969. The van der Waals surface area contributed by atoms with Gasteiger partial charge in [-0.1, -0.05) is 6.92 Å². The second-order valence-corrected chi connectivity index (χ2v) is 9.46. The molecule has 0 aromatic rings. The van der Waals surface area contributed by atoms with E-state index in [9.17, 15) is 13.9 Å². The predicted octanol–water partition coefficient (Wildman–Crippen LogP) is 4.19. The summed E-state index contributed by atoms with van der Waals surface area (Å²) in [5, 5.41) is 0. The Bertz CT molecular complexity index is 429. The van der Waals surface area contributed by atoms with Gasteiger partial charge in [0.1, 0.15) is 0 Å². The average molecular weight is 388 g/mol. The lowest BCUT2D eigenvalue weighted by atomic mass is 10.3. The summed E-state index contributed by atoms with van der Waals surface area (Å²) < 4.78 is 53.4. The molecule has 0 N–H and O–H groups in total. The highest BCUT2D eigenvalue weighted by Gasteiger charge is 2.70. The van der Waals surface area contributed by atoms with Crippen LogP contribution in [-0.4, -0.2) is 43.9 Å². The Balaban J connectivity index is 6.58. The Morgan fingerprint density at radius 3 is 1.25 bits per heavy atom. The Morgan fingerprint density at radius 2 is 1.04 bits per heavy atom. The van der Waals surface area contributed by atoms with Crippen LogP contribution in [0.5, 0.6) is 0 Å². The molecule has 0 aliphatic carbocycles. The topological polar surface area (TPSA) is 97.4 Å². The van der Waals surface area contributed by atoms with Crippen LogP contribution in [-0.2, 0) is 36.8 Å². The van der Waals surface area contributed by atoms with E-state index in [-0.39, 0.29) is 39.5 Å². The van der Waals surface area contributed by atoms with Gasteiger partial charge in [-0.05, 0) is 41.0 Å². The van der Waals surface area contributed by atoms with Gasteiger partial charge in [0.2, 0.25) is 0 Å². The van der Waals surface area contributed by atoms with Crippen molar-refractivity contribution in [3.8, 4) is 0 Å². The monoisotopic (exact) mass is 388 g/mol. The number of carbonyl (C=O) groups is 1. The van der Waals surface area contributed by atoms with Crippen LogP contribution < -0.4 is 0 Å². The second kappa shape index (κ2) is 10.7. The molecule has 0 aliphatic heterocycles. The van der Waals surface area contributed by atoms with Gasteiger partial charge in [-0.25, -0.2) is 0 Å². The Morgan fingerprint density at radius 1 is 0.708 bits per heavy atom. The summed E-state index contributed by atoms with van der Waals surface area (Å²) >= 11 is 0. The Hall–Kier alpha value is -0.230. The smallest absolute Gasteiger partial charge is 0.360 e. The van der Waals surface area contributed by atoms with Gasteiger partial charge >= 0.3 is 21.2 Å². The molecule has 0 unspecified atom stereocenters. The summed E-state index contributed by atoms with van der Waals surface area (Å²) in [7, 11) is -8.43. The molecule has 0 saturated heterocycles. The number of hydrogen-bond acceptors (Lipinski definition) is 8. The highest BCUT2D eigenvalue weighted by atomic mass is 31.2. The molecule has 0 aromatic carbocycles. The standard InChI is InChI=1S/C14H30O8P2/c1-7-14(13(15)18-8-2,23(16,19-9-3)20-10-4)24(17,21-11-5)22-12-6/h7-12H2,1-6H3. The molecule has 0 radical (unpaired) electrons. The summed E-state index contributed by atoms with van der Waals surface area (Å²) in [6, 6.07) is 0. The van der Waals surface area contributed by atoms with Gasteiger partial charge in [0.15, 0.2) is 0 Å². The molecule has 0 saturated carbocycles. The SMILES string of the molecule is CCOC(=O)C(CC)(P(=O)(OCC)OCC)P(=O)(OCC)OCC. The highest BCUT2D eigenvalue weighted by Crippen LogP contribution is 2.79. The van der Waals surface area contributed by atoms with E-state index in [0.717, 1.165) is 0 Å². The molecule has 0 bridgehead atoms. The van der Waals surface area contributed by atoms with Crippen LogP contribution in [0.1, 0.15) is 48.0 Å². The Labute approximate surface area is 144 Å². The van der Waals surface area contributed by atoms with E-state index >= 15 is 0 Å². The van der Waals surface area contributed by atoms with Crippen LogP contribution in [0.4, 0.5) is 0 Å². The van der Waals surface area contributed by atoms with Crippen LogP contribution in [0.25, 0.3) is 0 Å². The van der Waals surface area contributed by atoms with Crippen LogP contribution in [0.2, 0.25) is 0 Å². The number of ether oxygens (including phenoxy) is 1. The van der Waals surface area contributed by atoms with E-state index in [1.807, 2.05) is 0 Å². The van der Waals surface area contributed by atoms with Gasteiger partial charge in [-0.15, -0.1) is 0 Å². The summed E-state index contributed by atoms with van der Waals surface area (Å²) in [6.07, 6.45) is -0.152. The van der Waals surface area contributed by atoms with Crippen LogP contribution >= 0.6 is 15.2 Å². The molecular weight excluding hydrogens is 358 g/mol. The van der Waals surface area contributed by atoms with Gasteiger partial charge in [0, 0.05) is 0 Å². The lowest BCUT2D eigenvalue weighted by Gasteiger charge is -2.39. The van der Waals surface area contributed by atoms with Crippen molar-refractivity contribution in [3.63, 3.8) is 0 Å². The molecule has 0 aromatic heterocycles. The third-order valence-electron chi connectivity index (χ3n) is 3.20. The number of carbonyl (C=O) groups excluding carboxylic acids is 1. The van der Waals surface area contributed by atoms with Crippen molar-refractivity contribution in [1.29, 1.82) is 0 Å². The molecule has 144 valence electrons. The zero-order chi connectivity index (χ0) is 18.9. The average Bonchev–Trinajstić information content (AvgIpc) is 2.49. The Kier molecular flexibility index (Phi) is 10.6. The molecule has 0 heterocycles. The molecule has 0 fully saturated rings. The van der Waals surface area contributed by atoms with Crippen molar-refractivity contribution in [1.82, 2.24) is 0 Å². The second-order valence-electron chi connectivity index (χ2n) is 4.56. The lowest BCUT2D eigenvalue weighted by molar-refractivity contribution is -0.145. The van der Waals surface area contributed by atoms with Gasteiger partial charge in [-0.2, -0.15) is 0 Å². The minimum absolute atomic E-state index is 0.00329. The fourth-order valence-corrected chi connectivity index (χ4v) is 7.94. The highest BCUT2D eigenvalue weighted by molar-refractivity contribution is 7.76. The van der Waals surface area contributed by atoms with E-state index in [2.05, 4.69) is 0 Å². The van der Waals surface area contributed by atoms with E-state index in [1.165, 1.54) is 0 Å². The minimum atomic E-state index is -4.21. The van der Waals surface area contributed by atoms with E-state index in [4.69, 9.17) is 22.8 Å². The van der Waals surface area contributed by atoms with E-state index < -0.39 is 26.1 Å². The molecule has 24 heavy (non-hydrogen) atoms. The molecule has 10 heteroatoms. The number of rotatable bonds is 13. The van der Waals surface area contributed by atoms with Crippen molar-refractivity contribution in [2.75, 3.05) is 33.0 Å². The zero-order valence-electron chi connectivity index (χ0n) is 15.4. The first-order valence-corrected chi connectivity index (χ1v) is 11.3. The maximum Gasteiger partial charge on any atom is 0.360 e. The summed E-state index contributed by atoms with van der Waals surface area (Å²) in [5.41, 5.74) is 0. The third kappa shape index (κ3) is 4.48. The van der Waals surface area contributed by atoms with E-state index in [1.54, 1.807) is 41.5 Å². The maximum absolute atomic E-state index is 13.5. The van der Waals surface area contributed by atoms with Crippen molar-refractivity contribution in [3.05, 3.63) is 0 Å². The zero-order valence-corrected chi connectivity index (χ0v) is 17.2. The van der Waals surface area contributed by atoms with Crippen LogP contribution in [0.3, 0.4) is 0 Å². The first-order valence-electron chi connectivity index (χ1n) is 8.24. The normalized spacial score (nSPS) is 13.1. The fraction of sp³-hybridized carbons (Fsp3) is 0.929. The van der Waals surface area contributed by atoms with Crippen molar-refractivity contribution < 1.29 is 36.8 Å². The van der Waals surface area contributed by atoms with Gasteiger partial charge in [0.05, 0.1) is 33.0 Å². The molecule has 0 spiro atoms. The predicted molar refractivity (Wildman–Crippen MR) is 91.4 cm³/mol. The van der Waals surface area contributed by atoms with Crippen LogP contribution in [0.15, 0.2) is 0 Å². The van der Waals surface area contributed by atoms with Gasteiger partial charge in [0.25, 0.3) is 4.90 Å². The first-order chi connectivity index (χ1) is 11.3. The van der Waals surface area contributed by atoms with Crippen molar-refractivity contribution >= 4 is 21.2 Å². The minimum Gasteiger partial charge on any atom is -0.465 e. The third-order valence-corrected chi connectivity index (χ3v) is 9.87.